The number of benzene rings is 2. The molecule has 0 saturated carbocycles. The van der Waals surface area contributed by atoms with Gasteiger partial charge in [-0.1, -0.05) is 24.6 Å². The van der Waals surface area contributed by atoms with Gasteiger partial charge in [0.15, 0.2) is 6.61 Å². The number of carbonyl (C=O) groups is 3. The van der Waals surface area contributed by atoms with Gasteiger partial charge < -0.3 is 25.5 Å². The first-order valence-corrected chi connectivity index (χ1v) is 10.9. The van der Waals surface area contributed by atoms with Gasteiger partial charge in [-0.15, -0.1) is 0 Å². The third kappa shape index (κ3) is 4.41. The molecule has 1 unspecified atom stereocenters. The number of primary amides is 2. The Morgan fingerprint density at radius 2 is 1.88 bits per heavy atom. The fourth-order valence-corrected chi connectivity index (χ4v) is 4.67. The standard InChI is InChI=1S/C25H27N3O5/c1-32-21(29)14-33-20-11-5-10-19-23(20)22-17(25(27)31)8-2-3-9-18(22)28(19)13-15-6-4-7-16(12-15)24(26)30/h4-7,10-12,17H,2-3,8-9,13-14H2,1H3,(H2,26,30)(H2,27,31). The number of amides is 2. The van der Waals surface area contributed by atoms with Crippen molar-refractivity contribution in [3.63, 3.8) is 0 Å². The van der Waals surface area contributed by atoms with Gasteiger partial charge in [0.1, 0.15) is 5.75 Å². The highest BCUT2D eigenvalue weighted by molar-refractivity contribution is 5.97. The summed E-state index contributed by atoms with van der Waals surface area (Å²) in [4.78, 5) is 35.8. The lowest BCUT2D eigenvalue weighted by atomic mass is 9.92. The zero-order chi connectivity index (χ0) is 23.5. The summed E-state index contributed by atoms with van der Waals surface area (Å²) in [7, 11) is 1.30. The minimum absolute atomic E-state index is 0.239. The summed E-state index contributed by atoms with van der Waals surface area (Å²) in [6, 6.07) is 12.8. The van der Waals surface area contributed by atoms with Crippen LogP contribution >= 0.6 is 0 Å². The zero-order valence-electron chi connectivity index (χ0n) is 18.5. The summed E-state index contributed by atoms with van der Waals surface area (Å²) in [6.07, 6.45) is 3.24. The predicted octanol–water partition coefficient (Wildman–Crippen LogP) is 2.64. The van der Waals surface area contributed by atoms with Crippen LogP contribution in [0, 0.1) is 0 Å². The molecular weight excluding hydrogens is 422 g/mol. The number of hydrogen-bond donors (Lipinski definition) is 2. The lowest BCUT2D eigenvalue weighted by Crippen LogP contribution is -2.22. The quantitative estimate of drug-likeness (QED) is 0.423. The number of ether oxygens (including phenoxy) is 2. The van der Waals surface area contributed by atoms with E-state index in [0.29, 0.717) is 24.3 Å². The molecule has 2 amide bonds. The molecule has 0 bridgehead atoms. The van der Waals surface area contributed by atoms with E-state index in [2.05, 4.69) is 4.57 Å². The van der Waals surface area contributed by atoms with Gasteiger partial charge in [0.2, 0.25) is 11.8 Å². The van der Waals surface area contributed by atoms with Crippen LogP contribution in [-0.4, -0.2) is 36.1 Å². The zero-order valence-corrected chi connectivity index (χ0v) is 18.5. The van der Waals surface area contributed by atoms with Crippen LogP contribution < -0.4 is 16.2 Å². The number of esters is 1. The minimum atomic E-state index is -0.493. The maximum Gasteiger partial charge on any atom is 0.343 e. The molecule has 4 N–H and O–H groups in total. The maximum absolute atomic E-state index is 12.5. The molecule has 0 saturated heterocycles. The fraction of sp³-hybridized carbons (Fsp3) is 0.320. The Balaban J connectivity index is 1.90. The molecule has 1 aliphatic rings. The van der Waals surface area contributed by atoms with E-state index >= 15 is 0 Å². The molecule has 0 radical (unpaired) electrons. The van der Waals surface area contributed by atoms with Gasteiger partial charge in [-0.3, -0.25) is 9.59 Å². The SMILES string of the molecule is COC(=O)COc1cccc2c1c1c(n2Cc2cccc(C(N)=O)c2)CCCCC1C(N)=O. The van der Waals surface area contributed by atoms with Gasteiger partial charge in [0.05, 0.1) is 18.5 Å². The number of hydrogen-bond acceptors (Lipinski definition) is 5. The Hall–Kier alpha value is -3.81. The highest BCUT2D eigenvalue weighted by Crippen LogP contribution is 2.42. The average Bonchev–Trinajstić information content (AvgIpc) is 2.96. The molecule has 8 heteroatoms. The van der Waals surface area contributed by atoms with Crippen molar-refractivity contribution in [3.05, 3.63) is 64.8 Å². The third-order valence-corrected chi connectivity index (χ3v) is 6.17. The summed E-state index contributed by atoms with van der Waals surface area (Å²) in [5, 5.41) is 0.785. The highest BCUT2D eigenvalue weighted by Gasteiger charge is 2.31. The van der Waals surface area contributed by atoms with E-state index in [-0.39, 0.29) is 12.5 Å². The predicted molar refractivity (Wildman–Crippen MR) is 123 cm³/mol. The molecule has 1 heterocycles. The van der Waals surface area contributed by atoms with Crippen molar-refractivity contribution in [3.8, 4) is 5.75 Å². The molecule has 33 heavy (non-hydrogen) atoms. The Bertz CT molecular complexity index is 1230. The first kappa shape index (κ1) is 22.4. The summed E-state index contributed by atoms with van der Waals surface area (Å²) in [5.41, 5.74) is 15.4. The minimum Gasteiger partial charge on any atom is -0.481 e. The van der Waals surface area contributed by atoms with Gasteiger partial charge >= 0.3 is 5.97 Å². The van der Waals surface area contributed by atoms with Crippen molar-refractivity contribution in [1.29, 1.82) is 0 Å². The fourth-order valence-electron chi connectivity index (χ4n) is 4.67. The van der Waals surface area contributed by atoms with E-state index in [4.69, 9.17) is 20.9 Å². The maximum atomic E-state index is 12.5. The largest absolute Gasteiger partial charge is 0.481 e. The Kier molecular flexibility index (Phi) is 6.35. The van der Waals surface area contributed by atoms with E-state index in [1.807, 2.05) is 18.2 Å². The van der Waals surface area contributed by atoms with Crippen LogP contribution in [0.15, 0.2) is 42.5 Å². The molecular formula is C25H27N3O5. The van der Waals surface area contributed by atoms with E-state index < -0.39 is 17.8 Å². The first-order valence-electron chi connectivity index (χ1n) is 10.9. The van der Waals surface area contributed by atoms with Crippen molar-refractivity contribution in [2.45, 2.75) is 38.1 Å². The van der Waals surface area contributed by atoms with Crippen molar-refractivity contribution < 1.29 is 23.9 Å². The lowest BCUT2D eigenvalue weighted by Gasteiger charge is -2.14. The number of nitrogens with two attached hydrogens (primary N) is 2. The Morgan fingerprint density at radius 3 is 2.61 bits per heavy atom. The Morgan fingerprint density at radius 1 is 1.09 bits per heavy atom. The van der Waals surface area contributed by atoms with Crippen molar-refractivity contribution in [2.24, 2.45) is 11.5 Å². The molecule has 1 aromatic heterocycles. The van der Waals surface area contributed by atoms with Crippen molar-refractivity contribution in [2.75, 3.05) is 13.7 Å². The summed E-state index contributed by atoms with van der Waals surface area (Å²) in [6.45, 7) is 0.246. The van der Waals surface area contributed by atoms with Crippen molar-refractivity contribution >= 4 is 28.7 Å². The molecule has 4 rings (SSSR count). The topological polar surface area (TPSA) is 127 Å². The molecule has 0 spiro atoms. The van der Waals surface area contributed by atoms with Gasteiger partial charge in [-0.05, 0) is 54.7 Å². The average molecular weight is 450 g/mol. The smallest absolute Gasteiger partial charge is 0.343 e. The molecule has 1 atom stereocenters. The van der Waals surface area contributed by atoms with Crippen LogP contribution in [0.4, 0.5) is 0 Å². The lowest BCUT2D eigenvalue weighted by molar-refractivity contribution is -0.142. The molecule has 8 nitrogen and oxygen atoms in total. The number of fused-ring (bicyclic) bond motifs is 3. The van der Waals surface area contributed by atoms with Gasteiger partial charge in [-0.25, -0.2) is 4.79 Å². The van der Waals surface area contributed by atoms with Crippen LogP contribution in [0.1, 0.15) is 52.4 Å². The van der Waals surface area contributed by atoms with Crippen LogP contribution in [0.25, 0.3) is 10.9 Å². The van der Waals surface area contributed by atoms with E-state index in [1.165, 1.54) is 7.11 Å². The molecule has 0 fully saturated rings. The molecule has 0 aliphatic heterocycles. The Labute approximate surface area is 191 Å². The second-order valence-corrected chi connectivity index (χ2v) is 8.23. The second-order valence-electron chi connectivity index (χ2n) is 8.23. The number of nitrogens with zero attached hydrogens (tertiary/aromatic N) is 1. The van der Waals surface area contributed by atoms with Crippen LogP contribution in [0.5, 0.6) is 5.75 Å². The van der Waals surface area contributed by atoms with E-state index in [1.54, 1.807) is 24.3 Å². The molecule has 2 aromatic carbocycles. The number of aromatic nitrogens is 1. The first-order chi connectivity index (χ1) is 15.9. The van der Waals surface area contributed by atoms with Gasteiger partial charge in [-0.2, -0.15) is 0 Å². The van der Waals surface area contributed by atoms with Crippen LogP contribution in [0.3, 0.4) is 0 Å². The van der Waals surface area contributed by atoms with E-state index in [0.717, 1.165) is 47.0 Å². The summed E-state index contributed by atoms with van der Waals surface area (Å²) >= 11 is 0. The van der Waals surface area contributed by atoms with E-state index in [9.17, 15) is 14.4 Å². The van der Waals surface area contributed by atoms with Crippen LogP contribution in [-0.2, 0) is 27.3 Å². The van der Waals surface area contributed by atoms with Crippen molar-refractivity contribution in [1.82, 2.24) is 4.57 Å². The molecule has 3 aromatic rings. The van der Waals surface area contributed by atoms with Gasteiger partial charge in [0.25, 0.3) is 0 Å². The van der Waals surface area contributed by atoms with Crippen LogP contribution in [0.2, 0.25) is 0 Å². The molecule has 172 valence electrons. The van der Waals surface area contributed by atoms with Gasteiger partial charge in [0, 0.05) is 23.2 Å². The number of carbonyl (C=O) groups excluding carboxylic acids is 3. The normalized spacial score (nSPS) is 15.5. The monoisotopic (exact) mass is 449 g/mol. The summed E-state index contributed by atoms with van der Waals surface area (Å²) < 4.78 is 12.7. The molecule has 1 aliphatic carbocycles. The third-order valence-electron chi connectivity index (χ3n) is 6.17. The number of rotatable bonds is 7. The summed E-state index contributed by atoms with van der Waals surface area (Å²) in [5.74, 6) is -1.30. The number of methoxy groups -OCH3 is 1. The highest BCUT2D eigenvalue weighted by atomic mass is 16.6. The second kappa shape index (κ2) is 9.36.